The lowest BCUT2D eigenvalue weighted by molar-refractivity contribution is -0.127. The summed E-state index contributed by atoms with van der Waals surface area (Å²) >= 11 is 0. The fourth-order valence-electron chi connectivity index (χ4n) is 2.40. The predicted molar refractivity (Wildman–Crippen MR) is 70.2 cm³/mol. The van der Waals surface area contributed by atoms with E-state index < -0.39 is 0 Å². The molecule has 2 rings (SSSR count). The number of rotatable bonds is 4. The van der Waals surface area contributed by atoms with Gasteiger partial charge in [0.2, 0.25) is 5.91 Å². The minimum atomic E-state index is -0.384. The van der Waals surface area contributed by atoms with E-state index >= 15 is 0 Å². The second kappa shape index (κ2) is 5.52. The third-order valence-electron chi connectivity index (χ3n) is 3.71. The normalized spacial score (nSPS) is 23.9. The second-order valence-electron chi connectivity index (χ2n) is 5.17. The molecule has 1 fully saturated rings. The molecule has 0 bridgehead atoms. The first-order valence-electron chi connectivity index (χ1n) is 6.62. The van der Waals surface area contributed by atoms with Crippen molar-refractivity contribution < 1.29 is 4.79 Å². The highest BCUT2D eigenvalue weighted by Gasteiger charge is 2.33. The Labute approximate surface area is 108 Å². The molecule has 2 N–H and O–H groups in total. The van der Waals surface area contributed by atoms with Gasteiger partial charge in [-0.05, 0) is 38.8 Å². The number of nitrogens with one attached hydrogen (secondary N) is 2. The van der Waals surface area contributed by atoms with Crippen LogP contribution < -0.4 is 10.6 Å². The minimum Gasteiger partial charge on any atom is -0.354 e. The number of aromatic nitrogens is 2. The van der Waals surface area contributed by atoms with Gasteiger partial charge in [-0.15, -0.1) is 0 Å². The van der Waals surface area contributed by atoms with Crippen LogP contribution in [0.5, 0.6) is 0 Å². The summed E-state index contributed by atoms with van der Waals surface area (Å²) in [6.07, 6.45) is 5.81. The highest BCUT2D eigenvalue weighted by Crippen LogP contribution is 2.18. The predicted octanol–water partition coefficient (Wildman–Crippen LogP) is 0.611. The first-order valence-corrected chi connectivity index (χ1v) is 6.62. The molecule has 1 unspecified atom stereocenters. The van der Waals surface area contributed by atoms with Gasteiger partial charge in [-0.25, -0.2) is 0 Å². The molecule has 100 valence electrons. The number of nitrogens with zero attached hydrogens (tertiary/aromatic N) is 2. The molecule has 1 aliphatic heterocycles. The molecule has 0 aliphatic carbocycles. The van der Waals surface area contributed by atoms with Gasteiger partial charge >= 0.3 is 0 Å². The average molecular weight is 250 g/mol. The van der Waals surface area contributed by atoms with Crippen molar-refractivity contribution >= 4 is 5.91 Å². The molecule has 2 heterocycles. The van der Waals surface area contributed by atoms with Crippen molar-refractivity contribution in [1.82, 2.24) is 20.4 Å². The van der Waals surface area contributed by atoms with Crippen molar-refractivity contribution in [2.75, 3.05) is 13.1 Å². The van der Waals surface area contributed by atoms with Crippen molar-refractivity contribution in [1.29, 1.82) is 0 Å². The second-order valence-corrected chi connectivity index (χ2v) is 5.17. The monoisotopic (exact) mass is 250 g/mol. The molecule has 1 saturated heterocycles. The SMILES string of the molecule is Cn1nccc1CCNC(=O)C1(C)CCCCN1. The Balaban J connectivity index is 1.79. The summed E-state index contributed by atoms with van der Waals surface area (Å²) in [6, 6.07) is 1.98. The van der Waals surface area contributed by atoms with Crippen LogP contribution in [0.3, 0.4) is 0 Å². The van der Waals surface area contributed by atoms with Gasteiger partial charge in [-0.2, -0.15) is 5.10 Å². The molecule has 0 radical (unpaired) electrons. The Bertz CT molecular complexity index is 407. The van der Waals surface area contributed by atoms with Crippen LogP contribution in [0.2, 0.25) is 0 Å². The van der Waals surface area contributed by atoms with Crippen LogP contribution in [-0.4, -0.2) is 34.3 Å². The molecule has 0 aromatic carbocycles. The van der Waals surface area contributed by atoms with Crippen LogP contribution in [0.25, 0.3) is 0 Å². The van der Waals surface area contributed by atoms with Gasteiger partial charge in [-0.1, -0.05) is 0 Å². The molecule has 5 nitrogen and oxygen atoms in total. The maximum absolute atomic E-state index is 12.1. The van der Waals surface area contributed by atoms with Crippen LogP contribution >= 0.6 is 0 Å². The third-order valence-corrected chi connectivity index (χ3v) is 3.71. The molecule has 1 aromatic rings. The minimum absolute atomic E-state index is 0.115. The number of carbonyl (C=O) groups is 1. The van der Waals surface area contributed by atoms with Gasteiger partial charge in [0.05, 0.1) is 5.54 Å². The lowest BCUT2D eigenvalue weighted by atomic mass is 9.90. The summed E-state index contributed by atoms with van der Waals surface area (Å²) in [5, 5.41) is 10.4. The zero-order chi connectivity index (χ0) is 13.0. The van der Waals surface area contributed by atoms with E-state index in [9.17, 15) is 4.79 Å². The van der Waals surface area contributed by atoms with Gasteiger partial charge in [0.25, 0.3) is 0 Å². The van der Waals surface area contributed by atoms with Gasteiger partial charge in [0, 0.05) is 31.9 Å². The zero-order valence-corrected chi connectivity index (χ0v) is 11.2. The smallest absolute Gasteiger partial charge is 0.240 e. The number of carbonyl (C=O) groups excluding carboxylic acids is 1. The first-order chi connectivity index (χ1) is 8.62. The van der Waals surface area contributed by atoms with E-state index in [1.807, 2.05) is 24.7 Å². The molecular formula is C13H22N4O. The van der Waals surface area contributed by atoms with Crippen LogP contribution in [0.15, 0.2) is 12.3 Å². The van der Waals surface area contributed by atoms with Crippen molar-refractivity contribution in [3.05, 3.63) is 18.0 Å². The largest absolute Gasteiger partial charge is 0.354 e. The number of hydrogen-bond donors (Lipinski definition) is 2. The third kappa shape index (κ3) is 2.90. The molecule has 0 spiro atoms. The Morgan fingerprint density at radius 2 is 2.44 bits per heavy atom. The first kappa shape index (κ1) is 13.1. The lowest BCUT2D eigenvalue weighted by Crippen LogP contribution is -2.57. The molecule has 0 saturated carbocycles. The summed E-state index contributed by atoms with van der Waals surface area (Å²) in [4.78, 5) is 12.1. The molecule has 1 aliphatic rings. The van der Waals surface area contributed by atoms with Gasteiger partial charge in [0.15, 0.2) is 0 Å². The fraction of sp³-hybridized carbons (Fsp3) is 0.692. The standard InChI is InChI=1S/C13H22N4O/c1-13(7-3-4-8-15-13)12(18)14-9-5-11-6-10-16-17(11)2/h6,10,15H,3-5,7-9H2,1-2H3,(H,14,18). The van der Waals surface area contributed by atoms with E-state index in [2.05, 4.69) is 15.7 Å². The molecule has 1 atom stereocenters. The van der Waals surface area contributed by atoms with Gasteiger partial charge in [-0.3, -0.25) is 9.48 Å². The number of aryl methyl sites for hydroxylation is 1. The van der Waals surface area contributed by atoms with Crippen molar-refractivity contribution in [2.24, 2.45) is 7.05 Å². The van der Waals surface area contributed by atoms with Crippen LogP contribution in [0, 0.1) is 0 Å². The van der Waals surface area contributed by atoms with E-state index in [4.69, 9.17) is 0 Å². The summed E-state index contributed by atoms with van der Waals surface area (Å²) in [5.41, 5.74) is 0.752. The topological polar surface area (TPSA) is 59.0 Å². The molecular weight excluding hydrogens is 228 g/mol. The quantitative estimate of drug-likeness (QED) is 0.823. The lowest BCUT2D eigenvalue weighted by Gasteiger charge is -2.33. The molecule has 1 amide bonds. The number of piperidine rings is 1. The maximum Gasteiger partial charge on any atom is 0.240 e. The number of amides is 1. The zero-order valence-electron chi connectivity index (χ0n) is 11.2. The van der Waals surface area contributed by atoms with Gasteiger partial charge in [0.1, 0.15) is 0 Å². The highest BCUT2D eigenvalue weighted by atomic mass is 16.2. The molecule has 5 heteroatoms. The number of hydrogen-bond acceptors (Lipinski definition) is 3. The van der Waals surface area contributed by atoms with E-state index in [-0.39, 0.29) is 11.4 Å². The van der Waals surface area contributed by atoms with Gasteiger partial charge < -0.3 is 10.6 Å². The summed E-state index contributed by atoms with van der Waals surface area (Å²) < 4.78 is 1.84. The van der Waals surface area contributed by atoms with E-state index in [0.717, 1.165) is 37.9 Å². The molecule has 1 aromatic heterocycles. The van der Waals surface area contributed by atoms with Crippen molar-refractivity contribution in [3.8, 4) is 0 Å². The summed E-state index contributed by atoms with van der Waals surface area (Å²) in [6.45, 7) is 3.59. The van der Waals surface area contributed by atoms with E-state index in [1.54, 1.807) is 6.20 Å². The summed E-state index contributed by atoms with van der Waals surface area (Å²) in [5.74, 6) is 0.115. The van der Waals surface area contributed by atoms with Crippen molar-refractivity contribution in [3.63, 3.8) is 0 Å². The summed E-state index contributed by atoms with van der Waals surface area (Å²) in [7, 11) is 1.92. The maximum atomic E-state index is 12.1. The van der Waals surface area contributed by atoms with Crippen LogP contribution in [0.1, 0.15) is 31.9 Å². The Hall–Kier alpha value is -1.36. The van der Waals surface area contributed by atoms with E-state index in [1.165, 1.54) is 0 Å². The Kier molecular flexibility index (Phi) is 4.01. The van der Waals surface area contributed by atoms with Crippen LogP contribution in [0.4, 0.5) is 0 Å². The van der Waals surface area contributed by atoms with Crippen LogP contribution in [-0.2, 0) is 18.3 Å². The highest BCUT2D eigenvalue weighted by molar-refractivity contribution is 5.85. The average Bonchev–Trinajstić information content (AvgIpc) is 2.76. The fourth-order valence-corrected chi connectivity index (χ4v) is 2.40. The van der Waals surface area contributed by atoms with Crippen molar-refractivity contribution in [2.45, 2.75) is 38.1 Å². The Morgan fingerprint density at radius 3 is 3.06 bits per heavy atom. The molecule has 18 heavy (non-hydrogen) atoms. The Morgan fingerprint density at radius 1 is 1.61 bits per heavy atom. The van der Waals surface area contributed by atoms with E-state index in [0.29, 0.717) is 6.54 Å².